The van der Waals surface area contributed by atoms with E-state index in [-0.39, 0.29) is 0 Å². The number of furan rings is 1. The van der Waals surface area contributed by atoms with E-state index < -0.39 is 6.10 Å². The quantitative estimate of drug-likeness (QED) is 0.770. The Kier molecular flexibility index (Phi) is 1.98. The minimum atomic E-state index is -0.619. The zero-order chi connectivity index (χ0) is 8.39. The summed E-state index contributed by atoms with van der Waals surface area (Å²) in [6, 6.07) is 5.42. The van der Waals surface area contributed by atoms with E-state index in [0.717, 1.165) is 5.56 Å². The van der Waals surface area contributed by atoms with Gasteiger partial charge in [0, 0.05) is 0 Å². The van der Waals surface area contributed by atoms with Crippen LogP contribution in [-0.2, 0) is 0 Å². The van der Waals surface area contributed by atoms with E-state index in [1.807, 2.05) is 16.8 Å². The molecule has 0 bridgehead atoms. The van der Waals surface area contributed by atoms with E-state index in [1.54, 1.807) is 29.7 Å². The lowest BCUT2D eigenvalue weighted by molar-refractivity contribution is 0.190. The van der Waals surface area contributed by atoms with Crippen molar-refractivity contribution in [2.24, 2.45) is 0 Å². The van der Waals surface area contributed by atoms with Crippen LogP contribution >= 0.6 is 11.3 Å². The summed E-state index contributed by atoms with van der Waals surface area (Å²) in [5.41, 5.74) is 0.884. The van der Waals surface area contributed by atoms with Crippen LogP contribution in [0.1, 0.15) is 17.4 Å². The summed E-state index contributed by atoms with van der Waals surface area (Å²) in [5, 5.41) is 13.5. The smallest absolute Gasteiger partial charge is 0.137 e. The molecule has 0 aliphatic heterocycles. The first-order valence-electron chi connectivity index (χ1n) is 3.61. The Morgan fingerprint density at radius 3 is 2.92 bits per heavy atom. The van der Waals surface area contributed by atoms with Gasteiger partial charge in [0.25, 0.3) is 0 Å². The molecular formula is C9H8O2S. The molecule has 62 valence electrons. The summed E-state index contributed by atoms with van der Waals surface area (Å²) >= 11 is 1.56. The van der Waals surface area contributed by atoms with Gasteiger partial charge < -0.3 is 9.52 Å². The summed E-state index contributed by atoms with van der Waals surface area (Å²) in [4.78, 5) is 0. The van der Waals surface area contributed by atoms with Crippen molar-refractivity contribution in [3.05, 3.63) is 46.5 Å². The summed E-state index contributed by atoms with van der Waals surface area (Å²) in [6.45, 7) is 0. The highest BCUT2D eigenvalue weighted by molar-refractivity contribution is 7.07. The van der Waals surface area contributed by atoms with E-state index in [4.69, 9.17) is 4.42 Å². The van der Waals surface area contributed by atoms with Gasteiger partial charge >= 0.3 is 0 Å². The first-order chi connectivity index (χ1) is 5.88. The van der Waals surface area contributed by atoms with E-state index in [9.17, 15) is 5.11 Å². The molecule has 1 unspecified atom stereocenters. The summed E-state index contributed by atoms with van der Waals surface area (Å²) in [7, 11) is 0. The fraction of sp³-hybridized carbons (Fsp3) is 0.111. The van der Waals surface area contributed by atoms with Crippen LogP contribution in [0, 0.1) is 0 Å². The SMILES string of the molecule is OC(c1ccsc1)c1ccco1. The van der Waals surface area contributed by atoms with Gasteiger partial charge in [-0.3, -0.25) is 0 Å². The second-order valence-electron chi connectivity index (χ2n) is 2.47. The summed E-state index contributed by atoms with van der Waals surface area (Å²) in [6.07, 6.45) is 0.941. The molecule has 0 saturated heterocycles. The average molecular weight is 180 g/mol. The van der Waals surface area contributed by atoms with Gasteiger partial charge in [-0.05, 0) is 34.5 Å². The molecule has 12 heavy (non-hydrogen) atoms. The number of aliphatic hydroxyl groups excluding tert-OH is 1. The molecule has 2 aromatic rings. The monoisotopic (exact) mass is 180 g/mol. The molecule has 0 saturated carbocycles. The number of rotatable bonds is 2. The average Bonchev–Trinajstić information content (AvgIpc) is 2.77. The topological polar surface area (TPSA) is 33.4 Å². The van der Waals surface area contributed by atoms with Crippen molar-refractivity contribution in [2.45, 2.75) is 6.10 Å². The van der Waals surface area contributed by atoms with Crippen molar-refractivity contribution < 1.29 is 9.52 Å². The predicted molar refractivity (Wildman–Crippen MR) is 47.1 cm³/mol. The molecule has 2 heterocycles. The lowest BCUT2D eigenvalue weighted by Gasteiger charge is -2.03. The third-order valence-electron chi connectivity index (χ3n) is 1.67. The minimum absolute atomic E-state index is 0.591. The van der Waals surface area contributed by atoms with Crippen molar-refractivity contribution in [2.75, 3.05) is 0 Å². The molecule has 0 amide bonds. The first-order valence-corrected chi connectivity index (χ1v) is 4.56. The van der Waals surface area contributed by atoms with Crippen LogP contribution in [0.5, 0.6) is 0 Å². The maximum absolute atomic E-state index is 9.68. The Balaban J connectivity index is 2.27. The standard InChI is InChI=1S/C9H8O2S/c10-9(7-3-5-12-6-7)8-2-1-4-11-8/h1-6,9-10H. The van der Waals surface area contributed by atoms with Gasteiger partial charge in [0.1, 0.15) is 11.9 Å². The van der Waals surface area contributed by atoms with Crippen molar-refractivity contribution in [3.8, 4) is 0 Å². The van der Waals surface area contributed by atoms with Gasteiger partial charge in [-0.15, -0.1) is 0 Å². The zero-order valence-electron chi connectivity index (χ0n) is 6.31. The second-order valence-corrected chi connectivity index (χ2v) is 3.25. The van der Waals surface area contributed by atoms with E-state index in [0.29, 0.717) is 5.76 Å². The maximum Gasteiger partial charge on any atom is 0.137 e. The third kappa shape index (κ3) is 1.29. The first kappa shape index (κ1) is 7.58. The lowest BCUT2D eigenvalue weighted by atomic mass is 10.1. The highest BCUT2D eigenvalue weighted by Crippen LogP contribution is 2.23. The fourth-order valence-electron chi connectivity index (χ4n) is 1.04. The zero-order valence-corrected chi connectivity index (χ0v) is 7.12. The largest absolute Gasteiger partial charge is 0.466 e. The Labute approximate surface area is 74.1 Å². The molecule has 0 radical (unpaired) electrons. The maximum atomic E-state index is 9.68. The van der Waals surface area contributed by atoms with Crippen LogP contribution in [0.3, 0.4) is 0 Å². The Morgan fingerprint density at radius 1 is 1.42 bits per heavy atom. The normalized spacial score (nSPS) is 13.1. The summed E-state index contributed by atoms with van der Waals surface area (Å²) < 4.78 is 5.07. The van der Waals surface area contributed by atoms with Crippen molar-refractivity contribution in [3.63, 3.8) is 0 Å². The van der Waals surface area contributed by atoms with E-state index >= 15 is 0 Å². The van der Waals surface area contributed by atoms with Crippen LogP contribution in [0.15, 0.2) is 39.6 Å². The van der Waals surface area contributed by atoms with Gasteiger partial charge in [0.15, 0.2) is 0 Å². The molecule has 2 rings (SSSR count). The van der Waals surface area contributed by atoms with Crippen molar-refractivity contribution in [1.82, 2.24) is 0 Å². The Morgan fingerprint density at radius 2 is 2.33 bits per heavy atom. The van der Waals surface area contributed by atoms with E-state index in [2.05, 4.69) is 0 Å². The van der Waals surface area contributed by atoms with E-state index in [1.165, 1.54) is 0 Å². The van der Waals surface area contributed by atoms with Gasteiger partial charge in [0.05, 0.1) is 6.26 Å². The number of hydrogen-bond acceptors (Lipinski definition) is 3. The second kappa shape index (κ2) is 3.13. The van der Waals surface area contributed by atoms with Gasteiger partial charge in [0.2, 0.25) is 0 Å². The summed E-state index contributed by atoms with van der Waals surface area (Å²) in [5.74, 6) is 0.591. The number of aliphatic hydroxyl groups is 1. The molecule has 2 nitrogen and oxygen atoms in total. The Bertz CT molecular complexity index is 289. The molecule has 2 aromatic heterocycles. The van der Waals surface area contributed by atoms with Gasteiger partial charge in [-0.25, -0.2) is 0 Å². The van der Waals surface area contributed by atoms with Crippen molar-refractivity contribution >= 4 is 11.3 Å². The van der Waals surface area contributed by atoms with Crippen LogP contribution < -0.4 is 0 Å². The van der Waals surface area contributed by atoms with Crippen LogP contribution in [-0.4, -0.2) is 5.11 Å². The van der Waals surface area contributed by atoms with Gasteiger partial charge in [-0.2, -0.15) is 11.3 Å². The number of hydrogen-bond donors (Lipinski definition) is 1. The molecule has 1 atom stereocenters. The van der Waals surface area contributed by atoms with Gasteiger partial charge in [-0.1, -0.05) is 0 Å². The highest BCUT2D eigenvalue weighted by Gasteiger charge is 2.12. The van der Waals surface area contributed by atoms with Crippen molar-refractivity contribution in [1.29, 1.82) is 0 Å². The Hall–Kier alpha value is -1.06. The molecule has 0 fully saturated rings. The van der Waals surface area contributed by atoms with Crippen LogP contribution in [0.25, 0.3) is 0 Å². The molecule has 0 aliphatic rings. The molecular weight excluding hydrogens is 172 g/mol. The molecule has 0 spiro atoms. The highest BCUT2D eigenvalue weighted by atomic mass is 32.1. The molecule has 0 aliphatic carbocycles. The molecule has 3 heteroatoms. The van der Waals surface area contributed by atoms with Crippen LogP contribution in [0.2, 0.25) is 0 Å². The molecule has 1 N–H and O–H groups in total. The third-order valence-corrected chi connectivity index (χ3v) is 2.37. The minimum Gasteiger partial charge on any atom is -0.466 e. The molecule has 0 aromatic carbocycles. The fourth-order valence-corrected chi connectivity index (χ4v) is 1.72. The predicted octanol–water partition coefficient (Wildman–Crippen LogP) is 2.42. The van der Waals surface area contributed by atoms with Crippen LogP contribution in [0.4, 0.5) is 0 Å². The number of thiophene rings is 1. The lowest BCUT2D eigenvalue weighted by Crippen LogP contribution is -1.94.